The zero-order chi connectivity index (χ0) is 13.0. The lowest BCUT2D eigenvalue weighted by Gasteiger charge is -2.34. The maximum absolute atomic E-state index is 9.03. The fraction of sp³-hybridized carbons (Fsp3) is 0.643. The Morgan fingerprint density at radius 3 is 3.00 bits per heavy atom. The highest BCUT2D eigenvalue weighted by Gasteiger charge is 2.19. The first-order chi connectivity index (χ1) is 8.70. The third-order valence-electron chi connectivity index (χ3n) is 3.66. The lowest BCUT2D eigenvalue weighted by atomic mass is 9.95. The van der Waals surface area contributed by atoms with Crippen LogP contribution in [0.5, 0.6) is 0 Å². The molecule has 0 spiro atoms. The standard InChI is InChI=1S/C14H23N3O/c1-11(15)14-5-4-13(9-16-14)17-7-2-3-12(10-17)6-8-18/h4-5,9,11-12,18H,2-3,6-8,10,15H2,1H3. The minimum Gasteiger partial charge on any atom is -0.396 e. The molecule has 2 unspecified atom stereocenters. The molecule has 1 aliphatic heterocycles. The van der Waals surface area contributed by atoms with Crippen molar-refractivity contribution in [3.05, 3.63) is 24.0 Å². The predicted octanol–water partition coefficient (Wildman–Crippen LogP) is 1.70. The molecule has 2 atom stereocenters. The zero-order valence-electron chi connectivity index (χ0n) is 11.0. The Morgan fingerprint density at radius 1 is 1.56 bits per heavy atom. The van der Waals surface area contributed by atoms with Gasteiger partial charge in [0.25, 0.3) is 0 Å². The van der Waals surface area contributed by atoms with Crippen LogP contribution in [0.15, 0.2) is 18.3 Å². The van der Waals surface area contributed by atoms with Gasteiger partial charge in [-0.15, -0.1) is 0 Å². The van der Waals surface area contributed by atoms with E-state index in [1.54, 1.807) is 0 Å². The number of anilines is 1. The Bertz CT molecular complexity index is 362. The second kappa shape index (κ2) is 6.16. The number of hydrogen-bond donors (Lipinski definition) is 2. The highest BCUT2D eigenvalue weighted by atomic mass is 16.3. The SMILES string of the molecule is CC(N)c1ccc(N2CCCC(CCO)C2)cn1. The molecule has 0 radical (unpaired) electrons. The molecule has 1 aromatic heterocycles. The van der Waals surface area contributed by atoms with E-state index < -0.39 is 0 Å². The summed E-state index contributed by atoms with van der Waals surface area (Å²) in [6.07, 6.45) is 5.24. The summed E-state index contributed by atoms with van der Waals surface area (Å²) in [5.41, 5.74) is 7.90. The number of nitrogens with zero attached hydrogens (tertiary/aromatic N) is 2. The van der Waals surface area contributed by atoms with Gasteiger partial charge in [-0.25, -0.2) is 0 Å². The number of piperidine rings is 1. The van der Waals surface area contributed by atoms with Crippen molar-refractivity contribution >= 4 is 5.69 Å². The van der Waals surface area contributed by atoms with Crippen molar-refractivity contribution < 1.29 is 5.11 Å². The first-order valence-electron chi connectivity index (χ1n) is 6.78. The third-order valence-corrected chi connectivity index (χ3v) is 3.66. The van der Waals surface area contributed by atoms with Crippen molar-refractivity contribution in [2.75, 3.05) is 24.6 Å². The maximum Gasteiger partial charge on any atom is 0.0569 e. The van der Waals surface area contributed by atoms with Gasteiger partial charge in [-0.2, -0.15) is 0 Å². The molecule has 18 heavy (non-hydrogen) atoms. The van der Waals surface area contributed by atoms with Crippen LogP contribution in [0.4, 0.5) is 5.69 Å². The Morgan fingerprint density at radius 2 is 2.39 bits per heavy atom. The Labute approximate surface area is 109 Å². The van der Waals surface area contributed by atoms with Crippen molar-refractivity contribution in [2.45, 2.75) is 32.2 Å². The summed E-state index contributed by atoms with van der Waals surface area (Å²) in [6, 6.07) is 4.10. The van der Waals surface area contributed by atoms with Gasteiger partial charge in [0.15, 0.2) is 0 Å². The number of hydrogen-bond acceptors (Lipinski definition) is 4. The minimum absolute atomic E-state index is 0.0115. The smallest absolute Gasteiger partial charge is 0.0569 e. The van der Waals surface area contributed by atoms with E-state index in [1.807, 2.05) is 19.2 Å². The van der Waals surface area contributed by atoms with Gasteiger partial charge < -0.3 is 15.7 Å². The summed E-state index contributed by atoms with van der Waals surface area (Å²) >= 11 is 0. The van der Waals surface area contributed by atoms with E-state index in [0.717, 1.165) is 25.2 Å². The van der Waals surface area contributed by atoms with Gasteiger partial charge in [0.05, 0.1) is 17.6 Å². The molecule has 0 amide bonds. The molecule has 0 bridgehead atoms. The number of pyridine rings is 1. The predicted molar refractivity (Wildman–Crippen MR) is 73.5 cm³/mol. The van der Waals surface area contributed by atoms with E-state index in [4.69, 9.17) is 10.8 Å². The van der Waals surface area contributed by atoms with Gasteiger partial charge in [-0.1, -0.05) is 0 Å². The molecule has 100 valence electrons. The summed E-state index contributed by atoms with van der Waals surface area (Å²) in [4.78, 5) is 6.77. The molecule has 1 aromatic rings. The van der Waals surface area contributed by atoms with Crippen LogP contribution in [0.2, 0.25) is 0 Å². The Balaban J connectivity index is 2.02. The first-order valence-corrected chi connectivity index (χ1v) is 6.78. The molecule has 4 heteroatoms. The van der Waals surface area contributed by atoms with Crippen LogP contribution >= 0.6 is 0 Å². The summed E-state index contributed by atoms with van der Waals surface area (Å²) in [6.45, 7) is 4.35. The second-order valence-corrected chi connectivity index (χ2v) is 5.20. The van der Waals surface area contributed by atoms with Crippen molar-refractivity contribution in [2.24, 2.45) is 11.7 Å². The van der Waals surface area contributed by atoms with Gasteiger partial charge in [0.2, 0.25) is 0 Å². The lowest BCUT2D eigenvalue weighted by Crippen LogP contribution is -2.35. The fourth-order valence-corrected chi connectivity index (χ4v) is 2.57. The second-order valence-electron chi connectivity index (χ2n) is 5.20. The highest BCUT2D eigenvalue weighted by Crippen LogP contribution is 2.24. The monoisotopic (exact) mass is 249 g/mol. The van der Waals surface area contributed by atoms with Gasteiger partial charge in [0, 0.05) is 25.7 Å². The van der Waals surface area contributed by atoms with Gasteiger partial charge in [0.1, 0.15) is 0 Å². The van der Waals surface area contributed by atoms with E-state index in [9.17, 15) is 0 Å². The summed E-state index contributed by atoms with van der Waals surface area (Å²) < 4.78 is 0. The van der Waals surface area contributed by atoms with E-state index in [0.29, 0.717) is 12.5 Å². The van der Waals surface area contributed by atoms with Crippen LogP contribution in [0.25, 0.3) is 0 Å². The van der Waals surface area contributed by atoms with E-state index in [1.165, 1.54) is 18.5 Å². The number of aliphatic hydroxyl groups excluding tert-OH is 1. The third kappa shape index (κ3) is 3.21. The lowest BCUT2D eigenvalue weighted by molar-refractivity contribution is 0.244. The Kier molecular flexibility index (Phi) is 4.55. The molecule has 4 nitrogen and oxygen atoms in total. The summed E-state index contributed by atoms with van der Waals surface area (Å²) in [7, 11) is 0. The number of aliphatic hydroxyl groups is 1. The van der Waals surface area contributed by atoms with E-state index in [-0.39, 0.29) is 6.04 Å². The molecule has 2 heterocycles. The molecular weight excluding hydrogens is 226 g/mol. The molecule has 1 aliphatic rings. The molecule has 0 aliphatic carbocycles. The molecule has 1 fully saturated rings. The molecule has 2 rings (SSSR count). The van der Waals surface area contributed by atoms with Crippen LogP contribution in [0.1, 0.15) is 37.9 Å². The highest BCUT2D eigenvalue weighted by molar-refractivity contribution is 5.45. The first kappa shape index (κ1) is 13.3. The number of rotatable bonds is 4. The van der Waals surface area contributed by atoms with Crippen molar-refractivity contribution in [1.29, 1.82) is 0 Å². The molecule has 3 N–H and O–H groups in total. The van der Waals surface area contributed by atoms with Gasteiger partial charge in [-0.05, 0) is 44.2 Å². The average Bonchev–Trinajstić information content (AvgIpc) is 2.39. The van der Waals surface area contributed by atoms with Crippen LogP contribution in [0.3, 0.4) is 0 Å². The molecule has 0 aromatic carbocycles. The molecular formula is C14H23N3O. The van der Waals surface area contributed by atoms with Crippen molar-refractivity contribution in [1.82, 2.24) is 4.98 Å². The topological polar surface area (TPSA) is 62.4 Å². The van der Waals surface area contributed by atoms with Gasteiger partial charge in [-0.3, -0.25) is 4.98 Å². The fourth-order valence-electron chi connectivity index (χ4n) is 2.57. The quantitative estimate of drug-likeness (QED) is 0.852. The van der Waals surface area contributed by atoms with Gasteiger partial charge >= 0.3 is 0 Å². The van der Waals surface area contributed by atoms with E-state index in [2.05, 4.69) is 16.0 Å². The molecule has 1 saturated heterocycles. The zero-order valence-corrected chi connectivity index (χ0v) is 11.0. The average molecular weight is 249 g/mol. The van der Waals surface area contributed by atoms with Crippen LogP contribution < -0.4 is 10.6 Å². The summed E-state index contributed by atoms with van der Waals surface area (Å²) in [5, 5.41) is 9.03. The van der Waals surface area contributed by atoms with Crippen LogP contribution in [-0.4, -0.2) is 29.8 Å². The molecule has 0 saturated carbocycles. The van der Waals surface area contributed by atoms with Crippen molar-refractivity contribution in [3.63, 3.8) is 0 Å². The van der Waals surface area contributed by atoms with E-state index >= 15 is 0 Å². The Hall–Kier alpha value is -1.13. The van der Waals surface area contributed by atoms with Crippen LogP contribution in [-0.2, 0) is 0 Å². The normalized spacial score (nSPS) is 21.9. The summed E-state index contributed by atoms with van der Waals surface area (Å²) in [5.74, 6) is 0.608. The van der Waals surface area contributed by atoms with Crippen molar-refractivity contribution in [3.8, 4) is 0 Å². The maximum atomic E-state index is 9.03. The number of nitrogens with two attached hydrogens (primary N) is 1. The largest absolute Gasteiger partial charge is 0.396 e. The van der Waals surface area contributed by atoms with Crippen LogP contribution in [0, 0.1) is 5.92 Å². The minimum atomic E-state index is -0.0115. The number of aromatic nitrogens is 1.